The highest BCUT2D eigenvalue weighted by Gasteiger charge is 2.14. The molecule has 0 aliphatic carbocycles. The standard InChI is InChI=1S/C19H15N3O4S/c1-12-7-8-15(11-16(12)22(25)26)20-18(23)13-4-2-5-14(10-13)21-19(24)17-6-3-9-27-17/h2-11H,1H3,(H,20,23)(H,21,24). The average Bonchev–Trinajstić information content (AvgIpc) is 3.18. The number of thiophene rings is 1. The molecule has 3 aromatic rings. The summed E-state index contributed by atoms with van der Waals surface area (Å²) in [5.41, 5.74) is 1.57. The van der Waals surface area contributed by atoms with E-state index in [0.29, 0.717) is 27.4 Å². The molecule has 0 unspecified atom stereocenters. The van der Waals surface area contributed by atoms with Crippen LogP contribution in [-0.2, 0) is 0 Å². The van der Waals surface area contributed by atoms with Crippen LogP contribution in [0.4, 0.5) is 17.1 Å². The maximum atomic E-state index is 12.5. The summed E-state index contributed by atoms with van der Waals surface area (Å²) in [7, 11) is 0. The van der Waals surface area contributed by atoms with Gasteiger partial charge < -0.3 is 10.6 Å². The molecule has 3 rings (SSSR count). The Morgan fingerprint density at radius 3 is 2.41 bits per heavy atom. The predicted octanol–water partition coefficient (Wildman–Crippen LogP) is 4.47. The van der Waals surface area contributed by atoms with E-state index in [1.807, 2.05) is 0 Å². The van der Waals surface area contributed by atoms with Gasteiger partial charge in [0.2, 0.25) is 0 Å². The van der Waals surface area contributed by atoms with E-state index in [-0.39, 0.29) is 11.6 Å². The number of carbonyl (C=O) groups is 2. The first kappa shape index (κ1) is 18.3. The van der Waals surface area contributed by atoms with E-state index in [1.165, 1.54) is 17.4 Å². The molecule has 0 spiro atoms. The van der Waals surface area contributed by atoms with Crippen molar-refractivity contribution >= 4 is 40.2 Å². The van der Waals surface area contributed by atoms with Crippen molar-refractivity contribution in [1.29, 1.82) is 0 Å². The van der Waals surface area contributed by atoms with Crippen LogP contribution in [-0.4, -0.2) is 16.7 Å². The van der Waals surface area contributed by atoms with Gasteiger partial charge in [-0.05, 0) is 42.6 Å². The number of aryl methyl sites for hydroxylation is 1. The molecule has 7 nitrogen and oxygen atoms in total. The molecule has 0 bridgehead atoms. The monoisotopic (exact) mass is 381 g/mol. The molecule has 0 atom stereocenters. The van der Waals surface area contributed by atoms with Crippen molar-refractivity contribution in [3.05, 3.63) is 86.1 Å². The van der Waals surface area contributed by atoms with Gasteiger partial charge in [-0.2, -0.15) is 0 Å². The number of nitrogens with zero attached hydrogens (tertiary/aromatic N) is 1. The summed E-state index contributed by atoms with van der Waals surface area (Å²) in [4.78, 5) is 35.7. The van der Waals surface area contributed by atoms with Crippen LogP contribution in [0.5, 0.6) is 0 Å². The first-order valence-electron chi connectivity index (χ1n) is 7.95. The van der Waals surface area contributed by atoms with Gasteiger partial charge in [0, 0.05) is 28.6 Å². The zero-order valence-corrected chi connectivity index (χ0v) is 15.1. The van der Waals surface area contributed by atoms with Crippen LogP contribution < -0.4 is 10.6 Å². The molecule has 136 valence electrons. The van der Waals surface area contributed by atoms with Gasteiger partial charge in [-0.15, -0.1) is 11.3 Å². The van der Waals surface area contributed by atoms with Crippen molar-refractivity contribution in [3.8, 4) is 0 Å². The Bertz CT molecular complexity index is 1020. The second-order valence-corrected chi connectivity index (χ2v) is 6.67. The van der Waals surface area contributed by atoms with Crippen molar-refractivity contribution < 1.29 is 14.5 Å². The number of benzene rings is 2. The second-order valence-electron chi connectivity index (χ2n) is 5.72. The highest BCUT2D eigenvalue weighted by molar-refractivity contribution is 7.12. The highest BCUT2D eigenvalue weighted by Crippen LogP contribution is 2.23. The zero-order valence-electron chi connectivity index (χ0n) is 14.3. The molecule has 0 radical (unpaired) electrons. The minimum absolute atomic E-state index is 0.0650. The van der Waals surface area contributed by atoms with E-state index in [0.717, 1.165) is 0 Å². The number of rotatable bonds is 5. The molecule has 1 aromatic heterocycles. The predicted molar refractivity (Wildman–Crippen MR) is 105 cm³/mol. The van der Waals surface area contributed by atoms with E-state index >= 15 is 0 Å². The normalized spacial score (nSPS) is 10.3. The third-order valence-corrected chi connectivity index (χ3v) is 4.66. The molecule has 8 heteroatoms. The van der Waals surface area contributed by atoms with Crippen molar-refractivity contribution in [1.82, 2.24) is 0 Å². The number of nitro benzene ring substituents is 1. The van der Waals surface area contributed by atoms with Crippen molar-refractivity contribution in [3.63, 3.8) is 0 Å². The van der Waals surface area contributed by atoms with Gasteiger partial charge >= 0.3 is 0 Å². The summed E-state index contributed by atoms with van der Waals surface area (Å²) in [5, 5.41) is 18.2. The van der Waals surface area contributed by atoms with Gasteiger partial charge in [-0.3, -0.25) is 19.7 Å². The van der Waals surface area contributed by atoms with E-state index in [9.17, 15) is 19.7 Å². The van der Waals surface area contributed by atoms with Crippen LogP contribution >= 0.6 is 11.3 Å². The number of amides is 2. The summed E-state index contributed by atoms with van der Waals surface area (Å²) in [6, 6.07) is 14.5. The Balaban J connectivity index is 1.75. The van der Waals surface area contributed by atoms with Crippen molar-refractivity contribution in [2.24, 2.45) is 0 Å². The first-order chi connectivity index (χ1) is 12.9. The first-order valence-corrected chi connectivity index (χ1v) is 8.83. The molecule has 0 aliphatic rings. The zero-order chi connectivity index (χ0) is 19.4. The minimum Gasteiger partial charge on any atom is -0.322 e. The topological polar surface area (TPSA) is 101 Å². The van der Waals surface area contributed by atoms with Crippen LogP contribution in [0.1, 0.15) is 25.6 Å². The molecule has 2 N–H and O–H groups in total. The summed E-state index contributed by atoms with van der Waals surface area (Å²) >= 11 is 1.32. The van der Waals surface area contributed by atoms with E-state index < -0.39 is 10.8 Å². The van der Waals surface area contributed by atoms with Gasteiger partial charge in [0.1, 0.15) is 0 Å². The van der Waals surface area contributed by atoms with E-state index in [1.54, 1.807) is 60.8 Å². The molecule has 2 aromatic carbocycles. The molecule has 0 fully saturated rings. The number of anilines is 2. The van der Waals surface area contributed by atoms with Gasteiger partial charge in [0.25, 0.3) is 17.5 Å². The maximum Gasteiger partial charge on any atom is 0.274 e. The highest BCUT2D eigenvalue weighted by atomic mass is 32.1. The molecular weight excluding hydrogens is 366 g/mol. The minimum atomic E-state index is -0.494. The fourth-order valence-electron chi connectivity index (χ4n) is 2.43. The fraction of sp³-hybridized carbons (Fsp3) is 0.0526. The molecule has 0 saturated carbocycles. The fourth-order valence-corrected chi connectivity index (χ4v) is 3.04. The van der Waals surface area contributed by atoms with Crippen molar-refractivity contribution in [2.75, 3.05) is 10.6 Å². The molecule has 2 amide bonds. The van der Waals surface area contributed by atoms with Crippen LogP contribution in [0.2, 0.25) is 0 Å². The number of nitrogens with one attached hydrogen (secondary N) is 2. The van der Waals surface area contributed by atoms with Crippen LogP contribution in [0.25, 0.3) is 0 Å². The summed E-state index contributed by atoms with van der Waals surface area (Å²) in [6.45, 7) is 1.63. The number of carbonyl (C=O) groups excluding carboxylic acids is 2. The van der Waals surface area contributed by atoms with Gasteiger partial charge in [0.15, 0.2) is 0 Å². The molecular formula is C19H15N3O4S. The van der Waals surface area contributed by atoms with Gasteiger partial charge in [-0.1, -0.05) is 18.2 Å². The molecule has 0 saturated heterocycles. The Hall–Kier alpha value is -3.52. The van der Waals surface area contributed by atoms with Crippen LogP contribution in [0, 0.1) is 17.0 Å². The Labute approximate surface area is 158 Å². The molecule has 1 heterocycles. The third-order valence-electron chi connectivity index (χ3n) is 3.79. The lowest BCUT2D eigenvalue weighted by atomic mass is 10.1. The summed E-state index contributed by atoms with van der Waals surface area (Å²) < 4.78 is 0. The Morgan fingerprint density at radius 1 is 0.963 bits per heavy atom. The molecule has 27 heavy (non-hydrogen) atoms. The number of hydrogen-bond acceptors (Lipinski definition) is 5. The SMILES string of the molecule is Cc1ccc(NC(=O)c2cccc(NC(=O)c3cccs3)c2)cc1[N+](=O)[O-]. The summed E-state index contributed by atoms with van der Waals surface area (Å²) in [5.74, 6) is -0.683. The van der Waals surface area contributed by atoms with E-state index in [4.69, 9.17) is 0 Å². The van der Waals surface area contributed by atoms with Crippen LogP contribution in [0.3, 0.4) is 0 Å². The Morgan fingerprint density at radius 2 is 1.70 bits per heavy atom. The largest absolute Gasteiger partial charge is 0.322 e. The lowest BCUT2D eigenvalue weighted by molar-refractivity contribution is -0.385. The maximum absolute atomic E-state index is 12.5. The second kappa shape index (κ2) is 7.79. The Kier molecular flexibility index (Phi) is 5.28. The molecule has 0 aliphatic heterocycles. The third kappa shape index (κ3) is 4.36. The smallest absolute Gasteiger partial charge is 0.274 e. The number of nitro groups is 1. The summed E-state index contributed by atoms with van der Waals surface area (Å²) in [6.07, 6.45) is 0. The number of hydrogen-bond donors (Lipinski definition) is 2. The van der Waals surface area contributed by atoms with E-state index in [2.05, 4.69) is 10.6 Å². The lowest BCUT2D eigenvalue weighted by Gasteiger charge is -2.08. The van der Waals surface area contributed by atoms with Gasteiger partial charge in [-0.25, -0.2) is 0 Å². The van der Waals surface area contributed by atoms with Crippen LogP contribution in [0.15, 0.2) is 60.0 Å². The quantitative estimate of drug-likeness (QED) is 0.503. The average molecular weight is 381 g/mol. The lowest BCUT2D eigenvalue weighted by Crippen LogP contribution is -2.14. The van der Waals surface area contributed by atoms with Crippen molar-refractivity contribution in [2.45, 2.75) is 6.92 Å². The van der Waals surface area contributed by atoms with Gasteiger partial charge in [0.05, 0.1) is 9.80 Å².